The lowest BCUT2D eigenvalue weighted by Crippen LogP contribution is -2.33. The van der Waals surface area contributed by atoms with Gasteiger partial charge in [-0.05, 0) is 71.3 Å². The number of hydrogen-bond acceptors (Lipinski definition) is 5. The molecule has 0 saturated carbocycles. The van der Waals surface area contributed by atoms with Crippen molar-refractivity contribution < 1.29 is 39.5 Å². The smallest absolute Gasteiger partial charge is 0.381 e. The van der Waals surface area contributed by atoms with Crippen LogP contribution in [0.1, 0.15) is 73.0 Å². The number of tetrazole rings is 1. The number of aryl methyl sites for hydroxylation is 2. The lowest BCUT2D eigenvalue weighted by Gasteiger charge is -2.32. The number of rotatable bonds is 4. The summed E-state index contributed by atoms with van der Waals surface area (Å²) < 4.78 is 123. The molecule has 15 heteroatoms. The molecule has 1 aromatic heterocycles. The third-order valence-electron chi connectivity index (χ3n) is 7.30. The van der Waals surface area contributed by atoms with Gasteiger partial charge in [0, 0.05) is 18.3 Å². The largest absolute Gasteiger partial charge is 0.416 e. The highest BCUT2D eigenvalue weighted by molar-refractivity contribution is 5.61. The van der Waals surface area contributed by atoms with E-state index in [4.69, 9.17) is 0 Å². The Labute approximate surface area is 235 Å². The van der Waals surface area contributed by atoms with Gasteiger partial charge in [0.05, 0.1) is 29.8 Å². The van der Waals surface area contributed by atoms with Gasteiger partial charge in [-0.15, -0.1) is 5.10 Å². The summed E-state index contributed by atoms with van der Waals surface area (Å²) in [6, 6.07) is 2.47. The Balaban J connectivity index is 1.91. The van der Waals surface area contributed by atoms with Crippen LogP contribution in [0.4, 0.5) is 51.1 Å². The Bertz CT molecular complexity index is 1400. The molecule has 1 aliphatic rings. The molecule has 4 rings (SSSR count). The van der Waals surface area contributed by atoms with Crippen molar-refractivity contribution in [3.63, 3.8) is 0 Å². The second-order valence-corrected chi connectivity index (χ2v) is 11.5. The highest BCUT2D eigenvalue weighted by Crippen LogP contribution is 2.45. The van der Waals surface area contributed by atoms with Crippen molar-refractivity contribution in [3.05, 3.63) is 63.7 Å². The Hall–Kier alpha value is -3.52. The van der Waals surface area contributed by atoms with Crippen LogP contribution in [-0.4, -0.2) is 26.2 Å². The van der Waals surface area contributed by atoms with Crippen molar-refractivity contribution in [2.75, 3.05) is 10.2 Å². The SMILES string of the molecule is Cc1cc2c(cc1C(F)(F)F)N[C@H](C(C)(C)C)CCC2N(Cc1cc(C(F)(F)F)cc(C(F)(F)F)c1)c1nnn(C)n1. The number of aromatic nitrogens is 4. The predicted octanol–water partition coefficient (Wildman–Crippen LogP) is 7.94. The van der Waals surface area contributed by atoms with E-state index in [1.54, 1.807) is 0 Å². The van der Waals surface area contributed by atoms with Gasteiger partial charge in [0.1, 0.15) is 0 Å². The van der Waals surface area contributed by atoms with E-state index < -0.39 is 53.2 Å². The molecule has 42 heavy (non-hydrogen) atoms. The zero-order valence-electron chi connectivity index (χ0n) is 23.3. The maximum absolute atomic E-state index is 13.9. The Morgan fingerprint density at radius 3 is 1.93 bits per heavy atom. The van der Waals surface area contributed by atoms with Gasteiger partial charge in [-0.3, -0.25) is 0 Å². The van der Waals surface area contributed by atoms with Gasteiger partial charge in [-0.1, -0.05) is 31.9 Å². The van der Waals surface area contributed by atoms with Crippen LogP contribution in [0.25, 0.3) is 0 Å². The average Bonchev–Trinajstić information content (AvgIpc) is 3.17. The molecular formula is C27H29F9N6. The number of alkyl halides is 9. The lowest BCUT2D eigenvalue weighted by atomic mass is 9.83. The molecule has 2 aromatic carbocycles. The predicted molar refractivity (Wildman–Crippen MR) is 136 cm³/mol. The molecule has 0 aliphatic carbocycles. The van der Waals surface area contributed by atoms with E-state index in [2.05, 4.69) is 20.7 Å². The van der Waals surface area contributed by atoms with E-state index in [0.29, 0.717) is 24.1 Å². The molecule has 0 bridgehead atoms. The zero-order chi connectivity index (χ0) is 31.4. The molecule has 6 nitrogen and oxygen atoms in total. The molecule has 0 fully saturated rings. The van der Waals surface area contributed by atoms with Gasteiger partial charge < -0.3 is 10.2 Å². The second kappa shape index (κ2) is 10.6. The number of anilines is 2. The van der Waals surface area contributed by atoms with Crippen molar-refractivity contribution in [1.82, 2.24) is 20.2 Å². The van der Waals surface area contributed by atoms with Gasteiger partial charge in [0.2, 0.25) is 0 Å². The number of nitrogens with zero attached hydrogens (tertiary/aromatic N) is 5. The zero-order valence-corrected chi connectivity index (χ0v) is 23.3. The third kappa shape index (κ3) is 6.75. The van der Waals surface area contributed by atoms with E-state index in [-0.39, 0.29) is 41.3 Å². The number of fused-ring (bicyclic) bond motifs is 1. The van der Waals surface area contributed by atoms with Crippen LogP contribution in [0.5, 0.6) is 0 Å². The van der Waals surface area contributed by atoms with Crippen LogP contribution in [0.3, 0.4) is 0 Å². The fourth-order valence-electron chi connectivity index (χ4n) is 5.17. The van der Waals surface area contributed by atoms with Crippen molar-refractivity contribution >= 4 is 11.6 Å². The highest BCUT2D eigenvalue weighted by Gasteiger charge is 2.40. The number of benzene rings is 2. The lowest BCUT2D eigenvalue weighted by molar-refractivity contribution is -0.143. The first kappa shape index (κ1) is 31.4. The molecule has 230 valence electrons. The van der Waals surface area contributed by atoms with Crippen LogP contribution in [-0.2, 0) is 32.1 Å². The summed E-state index contributed by atoms with van der Waals surface area (Å²) in [7, 11) is 1.43. The van der Waals surface area contributed by atoms with Gasteiger partial charge in [-0.2, -0.15) is 44.3 Å². The normalized spacial score (nSPS) is 18.3. The van der Waals surface area contributed by atoms with Crippen LogP contribution in [0, 0.1) is 12.3 Å². The van der Waals surface area contributed by atoms with E-state index >= 15 is 0 Å². The van der Waals surface area contributed by atoms with Crippen molar-refractivity contribution in [3.8, 4) is 0 Å². The third-order valence-corrected chi connectivity index (χ3v) is 7.30. The van der Waals surface area contributed by atoms with Gasteiger partial charge >= 0.3 is 18.5 Å². The number of hydrogen-bond donors (Lipinski definition) is 1. The van der Waals surface area contributed by atoms with Crippen LogP contribution in [0.2, 0.25) is 0 Å². The summed E-state index contributed by atoms with van der Waals surface area (Å²) in [6.45, 7) is 6.51. The fourth-order valence-corrected chi connectivity index (χ4v) is 5.17. The molecule has 1 aliphatic heterocycles. The van der Waals surface area contributed by atoms with Gasteiger partial charge in [0.15, 0.2) is 0 Å². The Morgan fingerprint density at radius 2 is 1.45 bits per heavy atom. The van der Waals surface area contributed by atoms with E-state index in [1.807, 2.05) is 20.8 Å². The van der Waals surface area contributed by atoms with Crippen molar-refractivity contribution in [2.45, 2.75) is 77.7 Å². The number of nitrogens with one attached hydrogen (secondary N) is 1. The monoisotopic (exact) mass is 608 g/mol. The molecule has 0 spiro atoms. The molecule has 2 heterocycles. The molecular weight excluding hydrogens is 579 g/mol. The van der Waals surface area contributed by atoms with Crippen LogP contribution >= 0.6 is 0 Å². The van der Waals surface area contributed by atoms with Crippen LogP contribution < -0.4 is 10.2 Å². The summed E-state index contributed by atoms with van der Waals surface area (Å²) in [5.41, 5.74) is -4.13. The summed E-state index contributed by atoms with van der Waals surface area (Å²) in [4.78, 5) is 2.46. The van der Waals surface area contributed by atoms with E-state index in [9.17, 15) is 39.5 Å². The van der Waals surface area contributed by atoms with Gasteiger partial charge in [0.25, 0.3) is 5.95 Å². The molecule has 0 amide bonds. The van der Waals surface area contributed by atoms with Gasteiger partial charge in [-0.25, -0.2) is 0 Å². The Morgan fingerprint density at radius 1 is 0.857 bits per heavy atom. The molecule has 0 radical (unpaired) electrons. The quantitative estimate of drug-likeness (QED) is 0.305. The molecule has 3 aromatic rings. The molecule has 2 atom stereocenters. The summed E-state index contributed by atoms with van der Waals surface area (Å²) in [5, 5.41) is 15.1. The Kier molecular flexibility index (Phi) is 7.96. The van der Waals surface area contributed by atoms with Crippen molar-refractivity contribution in [1.29, 1.82) is 0 Å². The van der Waals surface area contributed by atoms with E-state index in [0.717, 1.165) is 10.9 Å². The standard InChI is InChI=1S/C27H29F9N6/c1-14-8-18-20(12-19(14)27(34,35)36)37-22(24(2,3)4)7-6-21(18)42(23-38-40-41(5)39-23)13-15-9-16(25(28,29)30)11-17(10-15)26(31,32)33/h8-12,21-22,37H,6-7,13H2,1-5H3/t21?,22-/m0/s1. The summed E-state index contributed by atoms with van der Waals surface area (Å²) in [5.74, 6) is -0.105. The minimum Gasteiger partial charge on any atom is -0.381 e. The maximum atomic E-state index is 13.9. The first-order valence-electron chi connectivity index (χ1n) is 12.9. The molecule has 0 saturated heterocycles. The van der Waals surface area contributed by atoms with Crippen molar-refractivity contribution in [2.24, 2.45) is 12.5 Å². The second-order valence-electron chi connectivity index (χ2n) is 11.5. The molecule has 1 unspecified atom stereocenters. The maximum Gasteiger partial charge on any atom is 0.416 e. The summed E-state index contributed by atoms with van der Waals surface area (Å²) >= 11 is 0. The van der Waals surface area contributed by atoms with Crippen LogP contribution in [0.15, 0.2) is 30.3 Å². The fraction of sp³-hybridized carbons (Fsp3) is 0.519. The minimum atomic E-state index is -5.06. The van der Waals surface area contributed by atoms with E-state index in [1.165, 1.54) is 24.9 Å². The first-order valence-corrected chi connectivity index (χ1v) is 12.9. The number of halogens is 9. The molecule has 1 N–H and O–H groups in total. The average molecular weight is 609 g/mol. The minimum absolute atomic E-state index is 0.0369. The highest BCUT2D eigenvalue weighted by atomic mass is 19.4. The summed E-state index contributed by atoms with van der Waals surface area (Å²) in [6.07, 6.45) is -14.1. The topological polar surface area (TPSA) is 58.9 Å². The first-order chi connectivity index (χ1) is 19.1.